The molecule has 3 N–H and O–H groups in total. The topological polar surface area (TPSA) is 141 Å². The molecule has 0 aromatic heterocycles. The van der Waals surface area contributed by atoms with Crippen LogP contribution in [0.4, 0.5) is 0 Å². The van der Waals surface area contributed by atoms with Crippen molar-refractivity contribution in [1.82, 2.24) is 25.3 Å². The minimum Gasteiger partial charge on any atom is -0.387 e. The van der Waals surface area contributed by atoms with Crippen LogP contribution in [0, 0.1) is 23.7 Å². The molecule has 4 amide bonds. The summed E-state index contributed by atoms with van der Waals surface area (Å²) >= 11 is 0. The highest BCUT2D eigenvalue weighted by Crippen LogP contribution is 2.30. The fraction of sp³-hybridized carbons (Fsp3) is 0.737. The summed E-state index contributed by atoms with van der Waals surface area (Å²) < 4.78 is 11.8. The lowest BCUT2D eigenvalue weighted by atomic mass is 9.86. The fourth-order valence-corrected chi connectivity index (χ4v) is 7.18. The van der Waals surface area contributed by atoms with Crippen molar-refractivity contribution >= 4 is 23.6 Å². The number of benzene rings is 1. The Morgan fingerprint density at radius 1 is 0.940 bits per heavy atom. The van der Waals surface area contributed by atoms with Gasteiger partial charge < -0.3 is 35.0 Å². The highest BCUT2D eigenvalue weighted by molar-refractivity contribution is 5.90. The van der Waals surface area contributed by atoms with Crippen LogP contribution in [-0.2, 0) is 28.7 Å². The Morgan fingerprint density at radius 3 is 2.02 bits per heavy atom. The van der Waals surface area contributed by atoms with Crippen LogP contribution in [-0.4, -0.2) is 128 Å². The van der Waals surface area contributed by atoms with E-state index >= 15 is 0 Å². The molecule has 284 valence electrons. The van der Waals surface area contributed by atoms with Crippen molar-refractivity contribution in [3.05, 3.63) is 35.9 Å². The van der Waals surface area contributed by atoms with Crippen molar-refractivity contribution in [3.63, 3.8) is 0 Å². The molecule has 1 unspecified atom stereocenters. The molecule has 1 heterocycles. The van der Waals surface area contributed by atoms with Crippen molar-refractivity contribution < 1.29 is 33.8 Å². The third-order valence-electron chi connectivity index (χ3n) is 10.4. The zero-order valence-corrected chi connectivity index (χ0v) is 32.5. The number of nitrogens with one attached hydrogen (secondary N) is 2. The van der Waals surface area contributed by atoms with Crippen LogP contribution < -0.4 is 10.6 Å². The summed E-state index contributed by atoms with van der Waals surface area (Å²) in [6, 6.07) is 7.25. The fourth-order valence-electron chi connectivity index (χ4n) is 7.18. The van der Waals surface area contributed by atoms with Gasteiger partial charge in [-0.15, -0.1) is 0 Å². The zero-order chi connectivity index (χ0) is 37.9. The average Bonchev–Trinajstić information content (AvgIpc) is 3.06. The van der Waals surface area contributed by atoms with E-state index in [4.69, 9.17) is 9.47 Å². The third-order valence-corrected chi connectivity index (χ3v) is 10.4. The van der Waals surface area contributed by atoms with Crippen LogP contribution in [0.15, 0.2) is 30.3 Å². The second kappa shape index (κ2) is 20.1. The zero-order valence-electron chi connectivity index (χ0n) is 32.5. The Bertz CT molecular complexity index is 1220. The van der Waals surface area contributed by atoms with Gasteiger partial charge >= 0.3 is 0 Å². The molecule has 50 heavy (non-hydrogen) atoms. The quantitative estimate of drug-likeness (QED) is 0.188. The number of hydrogen-bond acceptors (Lipinski definition) is 8. The Labute approximate surface area is 300 Å². The van der Waals surface area contributed by atoms with E-state index in [2.05, 4.69) is 10.6 Å². The van der Waals surface area contributed by atoms with E-state index in [1.54, 1.807) is 43.0 Å². The minimum atomic E-state index is -0.841. The summed E-state index contributed by atoms with van der Waals surface area (Å²) in [4.78, 5) is 59.8. The molecule has 1 aromatic carbocycles. The highest BCUT2D eigenvalue weighted by atomic mass is 16.5. The van der Waals surface area contributed by atoms with E-state index in [0.29, 0.717) is 18.5 Å². The van der Waals surface area contributed by atoms with Crippen molar-refractivity contribution in [3.8, 4) is 0 Å². The highest BCUT2D eigenvalue weighted by Gasteiger charge is 2.44. The largest absolute Gasteiger partial charge is 0.387 e. The standard InChI is InChI=1S/C38H65N5O7/c1-13-25(6)34(42(10)38(48)32(23(2)3)40-37(47)33(24(4)5)41(8)9)30(49-11)21-31(45)43-20-19-28(43)35(50-12)26(7)36(46)39-22-29(44)27-17-15-14-16-18-27/h14-18,23-26,28-30,32-35,44H,13,19-22H2,1-12H3,(H,39,46)(H,40,47)/t25?,26-,28+,29-,30-,32+,33+,34+,35-/m1/s1. The summed E-state index contributed by atoms with van der Waals surface area (Å²) in [6.07, 6.45) is -0.540. The van der Waals surface area contributed by atoms with Crippen LogP contribution >= 0.6 is 0 Å². The van der Waals surface area contributed by atoms with Crippen molar-refractivity contribution in [2.75, 3.05) is 48.5 Å². The van der Waals surface area contributed by atoms with Gasteiger partial charge in [0.15, 0.2) is 0 Å². The molecule has 9 atom stereocenters. The van der Waals surface area contributed by atoms with Gasteiger partial charge in [-0.05, 0) is 43.8 Å². The number of amides is 4. The number of likely N-dealkylation sites (N-methyl/N-ethyl adjacent to an activating group) is 2. The predicted octanol–water partition coefficient (Wildman–Crippen LogP) is 3.09. The molecule has 2 rings (SSSR count). The van der Waals surface area contributed by atoms with E-state index < -0.39 is 36.3 Å². The summed E-state index contributed by atoms with van der Waals surface area (Å²) in [7, 11) is 8.53. The van der Waals surface area contributed by atoms with Gasteiger partial charge in [0.05, 0.1) is 48.8 Å². The summed E-state index contributed by atoms with van der Waals surface area (Å²) in [5, 5.41) is 16.4. The van der Waals surface area contributed by atoms with Crippen molar-refractivity contribution in [2.24, 2.45) is 23.7 Å². The Balaban J connectivity index is 2.18. The molecule has 12 nitrogen and oxygen atoms in total. The molecule has 1 saturated heterocycles. The van der Waals surface area contributed by atoms with Crippen LogP contribution in [0.3, 0.4) is 0 Å². The SMILES string of the molecule is CCC(C)[C@@H]([C@@H](CC(=O)N1CC[C@H]1[C@H](OC)[C@@H](C)C(=O)NC[C@@H](O)c1ccccc1)OC)N(C)C(=O)[C@@H](NC(=O)[C@H](C(C)C)N(C)C)C(C)C. The number of carbonyl (C=O) groups excluding carboxylic acids is 4. The maximum atomic E-state index is 14.1. The minimum absolute atomic E-state index is 0.00994. The Hall–Kier alpha value is -3.06. The number of aliphatic hydroxyl groups is 1. The van der Waals surface area contributed by atoms with Gasteiger partial charge in [-0.1, -0.05) is 85.2 Å². The Morgan fingerprint density at radius 2 is 1.56 bits per heavy atom. The lowest BCUT2D eigenvalue weighted by Gasteiger charge is -2.47. The molecule has 12 heteroatoms. The number of rotatable bonds is 20. The molecule has 0 bridgehead atoms. The number of likely N-dealkylation sites (tertiary alicyclic amines) is 1. The van der Waals surface area contributed by atoms with Gasteiger partial charge in [-0.3, -0.25) is 24.1 Å². The first kappa shape index (κ1) is 43.1. The molecule has 1 aromatic rings. The van der Waals surface area contributed by atoms with Gasteiger partial charge in [0.2, 0.25) is 23.6 Å². The maximum absolute atomic E-state index is 14.1. The average molecular weight is 704 g/mol. The molecule has 0 radical (unpaired) electrons. The molecule has 0 spiro atoms. The van der Waals surface area contributed by atoms with Crippen LogP contribution in [0.5, 0.6) is 0 Å². The van der Waals surface area contributed by atoms with Gasteiger partial charge in [-0.25, -0.2) is 0 Å². The molecular formula is C38H65N5O7. The number of methoxy groups -OCH3 is 2. The summed E-state index contributed by atoms with van der Waals surface area (Å²) in [5.74, 6) is -1.55. The lowest BCUT2D eigenvalue weighted by Crippen LogP contribution is -2.62. The first-order valence-corrected chi connectivity index (χ1v) is 18.1. The van der Waals surface area contributed by atoms with E-state index in [9.17, 15) is 24.3 Å². The van der Waals surface area contributed by atoms with Crippen LogP contribution in [0.25, 0.3) is 0 Å². The van der Waals surface area contributed by atoms with Gasteiger partial charge in [0, 0.05) is 34.4 Å². The molecule has 1 aliphatic heterocycles. The van der Waals surface area contributed by atoms with Gasteiger partial charge in [-0.2, -0.15) is 0 Å². The molecule has 1 aliphatic rings. The predicted molar refractivity (Wildman–Crippen MR) is 195 cm³/mol. The lowest BCUT2D eigenvalue weighted by molar-refractivity contribution is -0.156. The molecule has 1 fully saturated rings. The molecule has 0 saturated carbocycles. The van der Waals surface area contributed by atoms with Crippen LogP contribution in [0.2, 0.25) is 0 Å². The second-order valence-electron chi connectivity index (χ2n) is 14.8. The van der Waals surface area contributed by atoms with E-state index in [-0.39, 0.29) is 66.4 Å². The number of carbonyl (C=O) groups is 4. The first-order valence-electron chi connectivity index (χ1n) is 18.1. The number of aliphatic hydroxyl groups excluding tert-OH is 1. The first-order chi connectivity index (χ1) is 23.5. The van der Waals surface area contributed by atoms with Crippen LogP contribution in [0.1, 0.15) is 79.4 Å². The van der Waals surface area contributed by atoms with Gasteiger partial charge in [0.1, 0.15) is 6.04 Å². The van der Waals surface area contributed by atoms with Crippen molar-refractivity contribution in [1.29, 1.82) is 0 Å². The van der Waals surface area contributed by atoms with Gasteiger partial charge in [0.25, 0.3) is 0 Å². The Kier molecular flexibility index (Phi) is 17.3. The maximum Gasteiger partial charge on any atom is 0.245 e. The normalized spacial score (nSPS) is 19.5. The monoisotopic (exact) mass is 703 g/mol. The third kappa shape index (κ3) is 11.0. The number of ether oxygens (including phenoxy) is 2. The van der Waals surface area contributed by atoms with E-state index in [1.165, 1.54) is 7.11 Å². The van der Waals surface area contributed by atoms with E-state index in [0.717, 1.165) is 6.42 Å². The van der Waals surface area contributed by atoms with Crippen molar-refractivity contribution in [2.45, 2.75) is 110 Å². The molecule has 0 aliphatic carbocycles. The second-order valence-corrected chi connectivity index (χ2v) is 14.8. The number of nitrogens with zero attached hydrogens (tertiary/aromatic N) is 3. The molecular weight excluding hydrogens is 638 g/mol. The number of hydrogen-bond donors (Lipinski definition) is 3. The summed E-state index contributed by atoms with van der Waals surface area (Å²) in [5.41, 5.74) is 0.712. The van der Waals surface area contributed by atoms with E-state index in [1.807, 2.05) is 78.7 Å². The smallest absolute Gasteiger partial charge is 0.245 e. The summed E-state index contributed by atoms with van der Waals surface area (Å²) in [6.45, 7) is 14.2.